The maximum atomic E-state index is 12.1. The predicted octanol–water partition coefficient (Wildman–Crippen LogP) is 2.09. The van der Waals surface area contributed by atoms with Crippen LogP contribution in [0.4, 0.5) is 16.2 Å². The zero-order valence-electron chi connectivity index (χ0n) is 15.3. The summed E-state index contributed by atoms with van der Waals surface area (Å²) in [6, 6.07) is 17.0. The Hall–Kier alpha value is -2.58. The number of amides is 2. The Balaban J connectivity index is 1.55. The Morgan fingerprint density at radius 3 is 2.37 bits per heavy atom. The van der Waals surface area contributed by atoms with Gasteiger partial charge in [0.25, 0.3) is 0 Å². The number of piperazine rings is 1. The van der Waals surface area contributed by atoms with Crippen LogP contribution in [0.1, 0.15) is 5.56 Å². The van der Waals surface area contributed by atoms with E-state index in [0.717, 1.165) is 11.3 Å². The van der Waals surface area contributed by atoms with E-state index >= 15 is 0 Å². The third-order valence-electron chi connectivity index (χ3n) is 4.47. The summed E-state index contributed by atoms with van der Waals surface area (Å²) >= 11 is 0. The molecule has 7 nitrogen and oxygen atoms in total. The Kier molecular flexibility index (Phi) is 5.98. The van der Waals surface area contributed by atoms with Crippen LogP contribution < -0.4 is 15.5 Å². The second-order valence-electron chi connectivity index (χ2n) is 6.49. The number of sulfonamides is 1. The Morgan fingerprint density at radius 2 is 1.70 bits per heavy atom. The van der Waals surface area contributed by atoms with Gasteiger partial charge in [0.2, 0.25) is 10.0 Å². The minimum Gasteiger partial charge on any atom is -0.369 e. The molecular weight excluding hydrogens is 364 g/mol. The lowest BCUT2D eigenvalue weighted by Crippen LogP contribution is -2.48. The molecule has 0 radical (unpaired) electrons. The molecule has 0 spiro atoms. The molecule has 3 rings (SSSR count). The first-order valence-corrected chi connectivity index (χ1v) is 10.7. The molecule has 27 heavy (non-hydrogen) atoms. The largest absolute Gasteiger partial charge is 0.369 e. The molecule has 2 N–H and O–H groups in total. The van der Waals surface area contributed by atoms with E-state index in [9.17, 15) is 13.2 Å². The molecule has 1 heterocycles. The summed E-state index contributed by atoms with van der Waals surface area (Å²) in [5, 5.41) is 5.67. The van der Waals surface area contributed by atoms with Crippen molar-refractivity contribution >= 4 is 27.4 Å². The Bertz CT molecular complexity index is 879. The molecule has 2 aromatic carbocycles. The minimum atomic E-state index is -3.14. The van der Waals surface area contributed by atoms with Gasteiger partial charge in [-0.25, -0.2) is 13.2 Å². The van der Waals surface area contributed by atoms with Crippen molar-refractivity contribution in [2.45, 2.75) is 6.54 Å². The summed E-state index contributed by atoms with van der Waals surface area (Å²) in [6.45, 7) is 2.63. The average Bonchev–Trinajstić information content (AvgIpc) is 2.67. The van der Waals surface area contributed by atoms with E-state index in [0.29, 0.717) is 38.4 Å². The number of hydrogen-bond acceptors (Lipinski definition) is 4. The second kappa shape index (κ2) is 8.41. The van der Waals surface area contributed by atoms with Crippen LogP contribution in [0.5, 0.6) is 0 Å². The molecule has 0 unspecified atom stereocenters. The van der Waals surface area contributed by atoms with Crippen LogP contribution in [0.25, 0.3) is 0 Å². The molecule has 0 aliphatic carbocycles. The normalized spacial score (nSPS) is 15.4. The van der Waals surface area contributed by atoms with Gasteiger partial charge < -0.3 is 15.5 Å². The lowest BCUT2D eigenvalue weighted by Gasteiger charge is -2.34. The second-order valence-corrected chi connectivity index (χ2v) is 8.48. The van der Waals surface area contributed by atoms with Gasteiger partial charge in [0.1, 0.15) is 0 Å². The summed E-state index contributed by atoms with van der Waals surface area (Å²) in [7, 11) is -3.14. The number of rotatable bonds is 5. The molecule has 0 atom stereocenters. The maximum absolute atomic E-state index is 12.1. The highest BCUT2D eigenvalue weighted by Gasteiger charge is 2.23. The Morgan fingerprint density at radius 1 is 1.00 bits per heavy atom. The van der Waals surface area contributed by atoms with Gasteiger partial charge in [-0.1, -0.05) is 36.4 Å². The topological polar surface area (TPSA) is 81.8 Å². The van der Waals surface area contributed by atoms with Crippen LogP contribution in [0.2, 0.25) is 0 Å². The van der Waals surface area contributed by atoms with Crippen molar-refractivity contribution in [3.8, 4) is 0 Å². The van der Waals surface area contributed by atoms with Crippen molar-refractivity contribution in [3.05, 3.63) is 60.2 Å². The number of benzene rings is 2. The number of anilines is 2. The van der Waals surface area contributed by atoms with E-state index in [-0.39, 0.29) is 6.03 Å². The molecule has 1 fully saturated rings. The standard InChI is InChI=1S/C19H24N4O3S/c1-27(25,26)23-12-10-22(11-13-23)18-9-5-8-17(14-18)21-19(24)20-15-16-6-3-2-4-7-16/h2-9,14H,10-13,15H2,1H3,(H2,20,21,24). The molecule has 0 aromatic heterocycles. The molecule has 144 valence electrons. The van der Waals surface area contributed by atoms with Gasteiger partial charge in [-0.3, -0.25) is 0 Å². The van der Waals surface area contributed by atoms with Gasteiger partial charge in [-0.2, -0.15) is 4.31 Å². The van der Waals surface area contributed by atoms with Crippen molar-refractivity contribution < 1.29 is 13.2 Å². The molecular formula is C19H24N4O3S. The molecule has 0 saturated carbocycles. The van der Waals surface area contributed by atoms with Crippen LogP contribution >= 0.6 is 0 Å². The van der Waals surface area contributed by atoms with Gasteiger partial charge in [-0.05, 0) is 23.8 Å². The van der Waals surface area contributed by atoms with Crippen molar-refractivity contribution in [2.24, 2.45) is 0 Å². The zero-order chi connectivity index (χ0) is 19.3. The van der Waals surface area contributed by atoms with Crippen LogP contribution in [0.15, 0.2) is 54.6 Å². The SMILES string of the molecule is CS(=O)(=O)N1CCN(c2cccc(NC(=O)NCc3ccccc3)c2)CC1. The van der Waals surface area contributed by atoms with Gasteiger partial charge >= 0.3 is 6.03 Å². The van der Waals surface area contributed by atoms with Crippen LogP contribution in [0.3, 0.4) is 0 Å². The lowest BCUT2D eigenvalue weighted by atomic mass is 10.2. The van der Waals surface area contributed by atoms with E-state index in [1.165, 1.54) is 10.6 Å². The zero-order valence-corrected chi connectivity index (χ0v) is 16.1. The molecule has 1 aliphatic heterocycles. The number of carbonyl (C=O) groups is 1. The highest BCUT2D eigenvalue weighted by atomic mass is 32.2. The smallest absolute Gasteiger partial charge is 0.319 e. The molecule has 2 amide bonds. The number of nitrogens with one attached hydrogen (secondary N) is 2. The number of urea groups is 1. The number of nitrogens with zero attached hydrogens (tertiary/aromatic N) is 2. The van der Waals surface area contributed by atoms with Crippen molar-refractivity contribution in [1.29, 1.82) is 0 Å². The lowest BCUT2D eigenvalue weighted by molar-refractivity contribution is 0.251. The van der Waals surface area contributed by atoms with Crippen molar-refractivity contribution in [2.75, 3.05) is 42.7 Å². The molecule has 0 bridgehead atoms. The van der Waals surface area contributed by atoms with Crippen LogP contribution in [-0.4, -0.2) is 51.2 Å². The third-order valence-corrected chi connectivity index (χ3v) is 5.78. The fourth-order valence-electron chi connectivity index (χ4n) is 3.01. The highest BCUT2D eigenvalue weighted by molar-refractivity contribution is 7.88. The van der Waals surface area contributed by atoms with Crippen LogP contribution in [-0.2, 0) is 16.6 Å². The van der Waals surface area contributed by atoms with Crippen molar-refractivity contribution in [3.63, 3.8) is 0 Å². The summed E-state index contributed by atoms with van der Waals surface area (Å²) in [6.07, 6.45) is 1.24. The number of hydrogen-bond donors (Lipinski definition) is 2. The molecule has 2 aromatic rings. The first-order chi connectivity index (χ1) is 12.9. The monoisotopic (exact) mass is 388 g/mol. The molecule has 1 aliphatic rings. The van der Waals surface area contributed by atoms with E-state index in [1.807, 2.05) is 54.6 Å². The quantitative estimate of drug-likeness (QED) is 0.822. The molecule has 8 heteroatoms. The van der Waals surface area contributed by atoms with Crippen LogP contribution in [0, 0.1) is 0 Å². The first kappa shape index (κ1) is 19.2. The van der Waals surface area contributed by atoms with Crippen molar-refractivity contribution in [1.82, 2.24) is 9.62 Å². The summed E-state index contributed by atoms with van der Waals surface area (Å²) < 4.78 is 24.7. The third kappa shape index (κ3) is 5.45. The van der Waals surface area contributed by atoms with E-state index in [2.05, 4.69) is 15.5 Å². The van der Waals surface area contributed by atoms with Gasteiger partial charge in [0.15, 0.2) is 0 Å². The van der Waals surface area contributed by atoms with E-state index in [1.54, 1.807) is 0 Å². The maximum Gasteiger partial charge on any atom is 0.319 e. The Labute approximate surface area is 160 Å². The van der Waals surface area contributed by atoms with Gasteiger partial charge in [0, 0.05) is 44.1 Å². The molecule has 1 saturated heterocycles. The van der Waals surface area contributed by atoms with E-state index in [4.69, 9.17) is 0 Å². The minimum absolute atomic E-state index is 0.266. The fourth-order valence-corrected chi connectivity index (χ4v) is 3.84. The number of carbonyl (C=O) groups excluding carboxylic acids is 1. The van der Waals surface area contributed by atoms with E-state index < -0.39 is 10.0 Å². The summed E-state index contributed by atoms with van der Waals surface area (Å²) in [4.78, 5) is 14.2. The predicted molar refractivity (Wildman–Crippen MR) is 107 cm³/mol. The summed E-state index contributed by atoms with van der Waals surface area (Å²) in [5.41, 5.74) is 2.69. The highest BCUT2D eigenvalue weighted by Crippen LogP contribution is 2.21. The fraction of sp³-hybridized carbons (Fsp3) is 0.316. The van der Waals surface area contributed by atoms with Gasteiger partial charge in [-0.15, -0.1) is 0 Å². The van der Waals surface area contributed by atoms with Gasteiger partial charge in [0.05, 0.1) is 6.26 Å². The first-order valence-electron chi connectivity index (χ1n) is 8.81. The average molecular weight is 388 g/mol. The summed E-state index contributed by atoms with van der Waals surface area (Å²) in [5.74, 6) is 0.